The van der Waals surface area contributed by atoms with Gasteiger partial charge in [-0.3, -0.25) is 9.59 Å². The number of benzene rings is 1. The summed E-state index contributed by atoms with van der Waals surface area (Å²) in [6.07, 6.45) is 1.19. The van der Waals surface area contributed by atoms with E-state index in [0.29, 0.717) is 13.0 Å². The molecule has 1 N–H and O–H groups in total. The van der Waals surface area contributed by atoms with Crippen molar-refractivity contribution in [1.82, 2.24) is 5.32 Å². The van der Waals surface area contributed by atoms with Crippen LogP contribution >= 0.6 is 11.6 Å². The molecule has 0 radical (unpaired) electrons. The molecule has 1 fully saturated rings. The standard InChI is InChI=1S/C15H18ClFN2O2/c1-3-9(2)18-14(20)11-6-7-19(15(11)21)13-5-4-10(16)8-12(13)17/h4-5,8-9,11H,3,6-7H2,1-2H3,(H,18,20)/t9-,11-/m0/s1. The van der Waals surface area contributed by atoms with Crippen LogP contribution in [0.5, 0.6) is 0 Å². The van der Waals surface area contributed by atoms with E-state index in [1.165, 1.54) is 17.0 Å². The van der Waals surface area contributed by atoms with Gasteiger partial charge in [-0.15, -0.1) is 0 Å². The van der Waals surface area contributed by atoms with Crippen LogP contribution in [0.4, 0.5) is 10.1 Å². The first-order valence-corrected chi connectivity index (χ1v) is 7.38. The summed E-state index contributed by atoms with van der Waals surface area (Å²) in [6, 6.07) is 4.17. The summed E-state index contributed by atoms with van der Waals surface area (Å²) in [5, 5.41) is 3.07. The van der Waals surface area contributed by atoms with Crippen LogP contribution in [0.25, 0.3) is 0 Å². The molecule has 0 unspecified atom stereocenters. The average molecular weight is 313 g/mol. The van der Waals surface area contributed by atoms with E-state index < -0.39 is 11.7 Å². The summed E-state index contributed by atoms with van der Waals surface area (Å²) in [5.41, 5.74) is 0.170. The predicted molar refractivity (Wildman–Crippen MR) is 79.8 cm³/mol. The topological polar surface area (TPSA) is 49.4 Å². The number of halogens is 2. The van der Waals surface area contributed by atoms with Crippen LogP contribution < -0.4 is 10.2 Å². The fourth-order valence-electron chi connectivity index (χ4n) is 2.31. The Labute approximate surface area is 128 Å². The lowest BCUT2D eigenvalue weighted by Crippen LogP contribution is -2.40. The van der Waals surface area contributed by atoms with Crippen LogP contribution in [0.2, 0.25) is 5.02 Å². The van der Waals surface area contributed by atoms with Crippen LogP contribution in [0, 0.1) is 11.7 Å². The molecule has 2 amide bonds. The van der Waals surface area contributed by atoms with Crippen molar-refractivity contribution in [3.05, 3.63) is 29.0 Å². The van der Waals surface area contributed by atoms with Crippen molar-refractivity contribution in [2.75, 3.05) is 11.4 Å². The third kappa shape index (κ3) is 3.35. The van der Waals surface area contributed by atoms with Crippen molar-refractivity contribution in [2.45, 2.75) is 32.7 Å². The minimum Gasteiger partial charge on any atom is -0.353 e. The van der Waals surface area contributed by atoms with E-state index in [4.69, 9.17) is 11.6 Å². The van der Waals surface area contributed by atoms with Gasteiger partial charge in [0, 0.05) is 17.6 Å². The maximum atomic E-state index is 13.9. The van der Waals surface area contributed by atoms with Crippen LogP contribution in [-0.4, -0.2) is 24.4 Å². The van der Waals surface area contributed by atoms with Crippen molar-refractivity contribution < 1.29 is 14.0 Å². The molecular weight excluding hydrogens is 295 g/mol. The Hall–Kier alpha value is -1.62. The zero-order valence-corrected chi connectivity index (χ0v) is 12.8. The SMILES string of the molecule is CC[C@H](C)NC(=O)[C@@H]1CCN(c2ccc(Cl)cc2F)C1=O. The molecule has 1 heterocycles. The maximum absolute atomic E-state index is 13.9. The number of hydrogen-bond acceptors (Lipinski definition) is 2. The molecule has 0 spiro atoms. The van der Waals surface area contributed by atoms with E-state index in [2.05, 4.69) is 5.32 Å². The smallest absolute Gasteiger partial charge is 0.239 e. The fourth-order valence-corrected chi connectivity index (χ4v) is 2.47. The molecule has 4 nitrogen and oxygen atoms in total. The van der Waals surface area contributed by atoms with Gasteiger partial charge in [0.2, 0.25) is 11.8 Å². The molecule has 0 aliphatic carbocycles. The Morgan fingerprint density at radius 3 is 2.90 bits per heavy atom. The largest absolute Gasteiger partial charge is 0.353 e. The van der Waals surface area contributed by atoms with Gasteiger partial charge in [0.05, 0.1) is 5.69 Å². The van der Waals surface area contributed by atoms with E-state index in [1.807, 2.05) is 13.8 Å². The van der Waals surface area contributed by atoms with E-state index >= 15 is 0 Å². The van der Waals surface area contributed by atoms with Gasteiger partial charge in [-0.1, -0.05) is 18.5 Å². The highest BCUT2D eigenvalue weighted by molar-refractivity contribution is 6.30. The lowest BCUT2D eigenvalue weighted by atomic mass is 10.1. The van der Waals surface area contributed by atoms with E-state index in [1.54, 1.807) is 0 Å². The van der Waals surface area contributed by atoms with Gasteiger partial charge in [0.15, 0.2) is 0 Å². The molecule has 1 aromatic carbocycles. The predicted octanol–water partition coefficient (Wildman–Crippen LogP) is 2.75. The van der Waals surface area contributed by atoms with Gasteiger partial charge >= 0.3 is 0 Å². The van der Waals surface area contributed by atoms with Crippen LogP contribution in [-0.2, 0) is 9.59 Å². The molecule has 1 saturated heterocycles. The summed E-state index contributed by atoms with van der Waals surface area (Å²) < 4.78 is 13.9. The summed E-state index contributed by atoms with van der Waals surface area (Å²) in [4.78, 5) is 25.7. The van der Waals surface area contributed by atoms with Crippen molar-refractivity contribution in [1.29, 1.82) is 0 Å². The highest BCUT2D eigenvalue weighted by Crippen LogP contribution is 2.29. The Balaban J connectivity index is 2.13. The molecule has 2 rings (SSSR count). The van der Waals surface area contributed by atoms with Crippen LogP contribution in [0.3, 0.4) is 0 Å². The molecule has 0 aromatic heterocycles. The Bertz CT molecular complexity index is 565. The van der Waals surface area contributed by atoms with Crippen molar-refractivity contribution in [3.63, 3.8) is 0 Å². The second-order valence-electron chi connectivity index (χ2n) is 5.24. The molecule has 1 aromatic rings. The maximum Gasteiger partial charge on any atom is 0.239 e. The minimum absolute atomic E-state index is 0.0200. The molecule has 6 heteroatoms. The lowest BCUT2D eigenvalue weighted by Gasteiger charge is -2.18. The number of nitrogens with zero attached hydrogens (tertiary/aromatic N) is 1. The number of carbonyl (C=O) groups excluding carboxylic acids is 2. The monoisotopic (exact) mass is 312 g/mol. The van der Waals surface area contributed by atoms with Gasteiger partial charge < -0.3 is 10.2 Å². The van der Waals surface area contributed by atoms with Gasteiger partial charge in [-0.2, -0.15) is 0 Å². The first-order chi connectivity index (χ1) is 9.93. The summed E-state index contributed by atoms with van der Waals surface area (Å²) in [6.45, 7) is 4.17. The summed E-state index contributed by atoms with van der Waals surface area (Å²) in [7, 11) is 0. The van der Waals surface area contributed by atoms with E-state index in [0.717, 1.165) is 12.5 Å². The number of carbonyl (C=O) groups is 2. The molecule has 2 atom stereocenters. The molecule has 1 aliphatic heterocycles. The Morgan fingerprint density at radius 2 is 2.29 bits per heavy atom. The first kappa shape index (κ1) is 15.8. The van der Waals surface area contributed by atoms with Crippen LogP contribution in [0.15, 0.2) is 18.2 Å². The Kier molecular flexibility index (Phi) is 4.83. The molecule has 0 bridgehead atoms. The molecule has 114 valence electrons. The van der Waals surface area contributed by atoms with Gasteiger partial charge in [-0.05, 0) is 38.0 Å². The second kappa shape index (κ2) is 6.43. The lowest BCUT2D eigenvalue weighted by molar-refractivity contribution is -0.132. The zero-order chi connectivity index (χ0) is 15.6. The van der Waals surface area contributed by atoms with Gasteiger partial charge in [0.1, 0.15) is 11.7 Å². The summed E-state index contributed by atoms with van der Waals surface area (Å²) in [5.74, 6) is -1.95. The van der Waals surface area contributed by atoms with E-state index in [-0.39, 0.29) is 28.6 Å². The number of hydrogen-bond donors (Lipinski definition) is 1. The molecule has 1 aliphatic rings. The van der Waals surface area contributed by atoms with Gasteiger partial charge in [-0.25, -0.2) is 4.39 Å². The Morgan fingerprint density at radius 1 is 1.57 bits per heavy atom. The molecular formula is C15H18ClFN2O2. The number of amides is 2. The van der Waals surface area contributed by atoms with E-state index in [9.17, 15) is 14.0 Å². The van der Waals surface area contributed by atoms with Crippen molar-refractivity contribution >= 4 is 29.1 Å². The average Bonchev–Trinajstić information content (AvgIpc) is 2.80. The molecule has 0 saturated carbocycles. The second-order valence-corrected chi connectivity index (χ2v) is 5.68. The highest BCUT2D eigenvalue weighted by Gasteiger charge is 2.38. The van der Waals surface area contributed by atoms with Crippen molar-refractivity contribution in [2.24, 2.45) is 5.92 Å². The zero-order valence-electron chi connectivity index (χ0n) is 12.0. The third-order valence-electron chi connectivity index (χ3n) is 3.72. The third-order valence-corrected chi connectivity index (χ3v) is 3.96. The van der Waals surface area contributed by atoms with Crippen LogP contribution in [0.1, 0.15) is 26.7 Å². The highest BCUT2D eigenvalue weighted by atomic mass is 35.5. The summed E-state index contributed by atoms with van der Waals surface area (Å²) >= 11 is 5.70. The normalized spacial score (nSPS) is 19.7. The number of anilines is 1. The number of nitrogens with one attached hydrogen (secondary N) is 1. The quantitative estimate of drug-likeness (QED) is 0.869. The minimum atomic E-state index is -0.742. The number of rotatable bonds is 4. The fraction of sp³-hybridized carbons (Fsp3) is 0.467. The first-order valence-electron chi connectivity index (χ1n) is 7.00. The molecule has 21 heavy (non-hydrogen) atoms. The van der Waals surface area contributed by atoms with Gasteiger partial charge in [0.25, 0.3) is 0 Å². The van der Waals surface area contributed by atoms with Crippen molar-refractivity contribution in [3.8, 4) is 0 Å².